The van der Waals surface area contributed by atoms with Gasteiger partial charge in [0, 0.05) is 37.5 Å². The Morgan fingerprint density at radius 3 is 2.58 bits per heavy atom. The summed E-state index contributed by atoms with van der Waals surface area (Å²) < 4.78 is 41.9. The van der Waals surface area contributed by atoms with E-state index in [1.165, 1.54) is 12.1 Å². The Morgan fingerprint density at radius 1 is 0.939 bits per heavy atom. The average molecular weight is 451 g/mol. The number of halogens is 3. The standard InChI is InChI=1S/C27H25F3N2O/c28-23-8-2-1-7-21(23)19-6-3-5-18(13-19)15-32-16-22(20-10-11-24(29)25(30)14-20)27(17-32)12-4-9-26(33)31-27/h1-3,5-8,10-11,13-14,22H,4,9,12,15-17H2,(H,31,33)/t22-,27+/m0/s1. The number of hydrogen-bond donors (Lipinski definition) is 1. The molecule has 2 saturated heterocycles. The Hall–Kier alpha value is -3.12. The van der Waals surface area contributed by atoms with Crippen LogP contribution in [-0.2, 0) is 11.3 Å². The first-order chi connectivity index (χ1) is 15.9. The van der Waals surface area contributed by atoms with Gasteiger partial charge in [0.05, 0.1) is 5.54 Å². The van der Waals surface area contributed by atoms with E-state index in [9.17, 15) is 18.0 Å². The molecule has 0 saturated carbocycles. The molecule has 3 nitrogen and oxygen atoms in total. The van der Waals surface area contributed by atoms with Crippen molar-refractivity contribution in [2.45, 2.75) is 37.3 Å². The van der Waals surface area contributed by atoms with Crippen molar-refractivity contribution in [3.63, 3.8) is 0 Å². The van der Waals surface area contributed by atoms with Crippen LogP contribution < -0.4 is 5.32 Å². The predicted octanol–water partition coefficient (Wildman–Crippen LogP) is 5.41. The number of nitrogens with zero attached hydrogens (tertiary/aromatic N) is 1. The molecule has 1 spiro atoms. The molecule has 0 unspecified atom stereocenters. The van der Waals surface area contributed by atoms with Crippen LogP contribution in [0, 0.1) is 17.5 Å². The monoisotopic (exact) mass is 450 g/mol. The number of amides is 1. The van der Waals surface area contributed by atoms with E-state index >= 15 is 0 Å². The molecule has 170 valence electrons. The number of rotatable bonds is 4. The van der Waals surface area contributed by atoms with Gasteiger partial charge in [0.1, 0.15) is 5.82 Å². The lowest BCUT2D eigenvalue weighted by molar-refractivity contribution is -0.125. The van der Waals surface area contributed by atoms with Crippen molar-refractivity contribution in [3.05, 3.63) is 95.3 Å². The van der Waals surface area contributed by atoms with Crippen LogP contribution in [0.4, 0.5) is 13.2 Å². The normalized spacial score (nSPS) is 23.1. The molecule has 3 aromatic rings. The van der Waals surface area contributed by atoms with Gasteiger partial charge in [0.2, 0.25) is 5.91 Å². The molecule has 2 heterocycles. The van der Waals surface area contributed by atoms with Crippen LogP contribution in [0.25, 0.3) is 11.1 Å². The number of carbonyl (C=O) groups is 1. The molecule has 5 rings (SSSR count). The van der Waals surface area contributed by atoms with Crippen molar-refractivity contribution in [2.75, 3.05) is 13.1 Å². The van der Waals surface area contributed by atoms with Crippen LogP contribution in [-0.4, -0.2) is 29.4 Å². The van der Waals surface area contributed by atoms with Crippen molar-refractivity contribution in [3.8, 4) is 11.1 Å². The van der Waals surface area contributed by atoms with E-state index in [4.69, 9.17) is 0 Å². The Morgan fingerprint density at radius 2 is 1.79 bits per heavy atom. The van der Waals surface area contributed by atoms with E-state index in [2.05, 4.69) is 10.2 Å². The second-order valence-corrected chi connectivity index (χ2v) is 9.13. The van der Waals surface area contributed by atoms with Gasteiger partial charge in [-0.3, -0.25) is 9.69 Å². The van der Waals surface area contributed by atoms with Crippen LogP contribution >= 0.6 is 0 Å². The van der Waals surface area contributed by atoms with Crippen molar-refractivity contribution >= 4 is 5.91 Å². The fraction of sp³-hybridized carbons (Fsp3) is 0.296. The van der Waals surface area contributed by atoms with E-state index < -0.39 is 17.2 Å². The zero-order valence-electron chi connectivity index (χ0n) is 18.2. The van der Waals surface area contributed by atoms with Crippen LogP contribution in [0.15, 0.2) is 66.7 Å². The lowest BCUT2D eigenvalue weighted by Gasteiger charge is -2.39. The maximum Gasteiger partial charge on any atom is 0.220 e. The molecule has 1 N–H and O–H groups in total. The first-order valence-electron chi connectivity index (χ1n) is 11.3. The Kier molecular flexibility index (Phi) is 5.71. The molecule has 0 aliphatic carbocycles. The number of piperidine rings is 1. The fourth-order valence-electron chi connectivity index (χ4n) is 5.42. The molecule has 0 bridgehead atoms. The summed E-state index contributed by atoms with van der Waals surface area (Å²) in [6.45, 7) is 1.84. The van der Waals surface area contributed by atoms with Crippen molar-refractivity contribution < 1.29 is 18.0 Å². The molecule has 0 radical (unpaired) electrons. The van der Waals surface area contributed by atoms with E-state index in [1.807, 2.05) is 30.3 Å². The maximum atomic E-state index is 14.3. The molecule has 2 atom stereocenters. The molecule has 2 aliphatic heterocycles. The summed E-state index contributed by atoms with van der Waals surface area (Å²) in [6.07, 6.45) is 2.04. The highest BCUT2D eigenvalue weighted by Gasteiger charge is 2.49. The second-order valence-electron chi connectivity index (χ2n) is 9.13. The maximum absolute atomic E-state index is 14.3. The minimum absolute atomic E-state index is 0.00256. The van der Waals surface area contributed by atoms with Gasteiger partial charge in [-0.15, -0.1) is 0 Å². The predicted molar refractivity (Wildman–Crippen MR) is 121 cm³/mol. The van der Waals surface area contributed by atoms with Crippen molar-refractivity contribution in [1.82, 2.24) is 10.2 Å². The first-order valence-corrected chi connectivity index (χ1v) is 11.3. The summed E-state index contributed by atoms with van der Waals surface area (Å²) >= 11 is 0. The molecular formula is C27H25F3N2O. The summed E-state index contributed by atoms with van der Waals surface area (Å²) in [7, 11) is 0. The smallest absolute Gasteiger partial charge is 0.220 e. The molecular weight excluding hydrogens is 425 g/mol. The van der Waals surface area contributed by atoms with E-state index in [-0.39, 0.29) is 17.6 Å². The zero-order valence-corrected chi connectivity index (χ0v) is 18.2. The Labute approximate surface area is 191 Å². The number of carbonyl (C=O) groups excluding carboxylic acids is 1. The van der Waals surface area contributed by atoms with Crippen LogP contribution in [0.1, 0.15) is 36.3 Å². The highest BCUT2D eigenvalue weighted by molar-refractivity contribution is 5.78. The average Bonchev–Trinajstić information content (AvgIpc) is 3.12. The minimum atomic E-state index is -0.875. The summed E-state index contributed by atoms with van der Waals surface area (Å²) in [5.41, 5.74) is 2.57. The molecule has 2 fully saturated rings. The quantitative estimate of drug-likeness (QED) is 0.577. The number of benzene rings is 3. The topological polar surface area (TPSA) is 32.3 Å². The van der Waals surface area contributed by atoms with Gasteiger partial charge >= 0.3 is 0 Å². The highest BCUT2D eigenvalue weighted by Crippen LogP contribution is 2.42. The first kappa shape index (κ1) is 21.7. The third-order valence-corrected chi connectivity index (χ3v) is 6.89. The van der Waals surface area contributed by atoms with E-state index in [1.54, 1.807) is 18.2 Å². The Balaban J connectivity index is 1.43. The Bertz CT molecular complexity index is 1200. The minimum Gasteiger partial charge on any atom is -0.349 e. The van der Waals surface area contributed by atoms with Crippen LogP contribution in [0.3, 0.4) is 0 Å². The van der Waals surface area contributed by atoms with Gasteiger partial charge in [0.25, 0.3) is 0 Å². The van der Waals surface area contributed by atoms with Crippen LogP contribution in [0.2, 0.25) is 0 Å². The van der Waals surface area contributed by atoms with Gasteiger partial charge in [-0.2, -0.15) is 0 Å². The van der Waals surface area contributed by atoms with Crippen LogP contribution in [0.5, 0.6) is 0 Å². The van der Waals surface area contributed by atoms with Crippen molar-refractivity contribution in [1.29, 1.82) is 0 Å². The van der Waals surface area contributed by atoms with Gasteiger partial charge in [0.15, 0.2) is 11.6 Å². The molecule has 3 aromatic carbocycles. The van der Waals surface area contributed by atoms with E-state index in [0.717, 1.165) is 30.0 Å². The lowest BCUT2D eigenvalue weighted by Crippen LogP contribution is -2.56. The van der Waals surface area contributed by atoms with Gasteiger partial charge in [-0.05, 0) is 53.8 Å². The third-order valence-electron chi connectivity index (χ3n) is 6.89. The van der Waals surface area contributed by atoms with Crippen molar-refractivity contribution in [2.24, 2.45) is 0 Å². The summed E-state index contributed by atoms with van der Waals surface area (Å²) in [4.78, 5) is 14.6. The lowest BCUT2D eigenvalue weighted by atomic mass is 9.76. The molecule has 33 heavy (non-hydrogen) atoms. The molecule has 0 aromatic heterocycles. The number of likely N-dealkylation sites (tertiary alicyclic amines) is 1. The SMILES string of the molecule is O=C1CCC[C@]2(CN(Cc3cccc(-c4ccccc4F)c3)C[C@H]2c2ccc(F)c(F)c2)N1. The van der Waals surface area contributed by atoms with Gasteiger partial charge in [-0.25, -0.2) is 13.2 Å². The highest BCUT2D eigenvalue weighted by atomic mass is 19.2. The third kappa shape index (κ3) is 4.27. The van der Waals surface area contributed by atoms with E-state index in [0.29, 0.717) is 37.2 Å². The summed E-state index contributed by atoms with van der Waals surface area (Å²) in [5, 5.41) is 3.19. The summed E-state index contributed by atoms with van der Waals surface area (Å²) in [5.74, 6) is -2.16. The largest absolute Gasteiger partial charge is 0.349 e. The summed E-state index contributed by atoms with van der Waals surface area (Å²) in [6, 6.07) is 18.5. The molecule has 1 amide bonds. The van der Waals surface area contributed by atoms with Gasteiger partial charge in [-0.1, -0.05) is 42.5 Å². The zero-order chi connectivity index (χ0) is 23.0. The number of nitrogens with one attached hydrogen (secondary N) is 1. The van der Waals surface area contributed by atoms with Gasteiger partial charge < -0.3 is 5.32 Å². The second kappa shape index (κ2) is 8.67. The fourth-order valence-corrected chi connectivity index (χ4v) is 5.42. The molecule has 2 aliphatic rings. The molecule has 6 heteroatoms. The number of hydrogen-bond acceptors (Lipinski definition) is 2.